The van der Waals surface area contributed by atoms with Crippen molar-refractivity contribution in [3.8, 4) is 5.75 Å². The van der Waals surface area contributed by atoms with Crippen LogP contribution in [0, 0.1) is 0 Å². The van der Waals surface area contributed by atoms with Gasteiger partial charge in [-0.1, -0.05) is 25.1 Å². The summed E-state index contributed by atoms with van der Waals surface area (Å²) in [5, 5.41) is 2.77. The first-order chi connectivity index (χ1) is 13.7. The number of halogens is 3. The van der Waals surface area contributed by atoms with Gasteiger partial charge in [-0.2, -0.15) is 13.2 Å². The van der Waals surface area contributed by atoms with Gasteiger partial charge in [0.05, 0.1) is 0 Å². The Bertz CT molecular complexity index is 808. The number of carbonyl (C=O) groups is 2. The standard InChI is InChI=1S/C21H23F3N2O3/c1-3-13-26(15(2)19(27)25-17-7-5-4-6-8-17)20(28)16-9-11-18(12-10-16)29-14-21(22,23)24/h4-12,15H,3,13-14H2,1-2H3,(H,25,27). The molecule has 156 valence electrons. The number of rotatable bonds is 8. The number of hydrogen-bond acceptors (Lipinski definition) is 3. The van der Waals surface area contributed by atoms with E-state index in [2.05, 4.69) is 10.1 Å². The highest BCUT2D eigenvalue weighted by Crippen LogP contribution is 2.20. The lowest BCUT2D eigenvalue weighted by molar-refractivity contribution is -0.153. The van der Waals surface area contributed by atoms with E-state index in [0.717, 1.165) is 0 Å². The second-order valence-electron chi connectivity index (χ2n) is 6.46. The molecule has 0 aliphatic heterocycles. The molecular weight excluding hydrogens is 385 g/mol. The Balaban J connectivity index is 2.08. The number of carbonyl (C=O) groups excluding carboxylic acids is 2. The summed E-state index contributed by atoms with van der Waals surface area (Å²) in [5.41, 5.74) is 0.886. The number of ether oxygens (including phenoxy) is 1. The summed E-state index contributed by atoms with van der Waals surface area (Å²) >= 11 is 0. The number of para-hydroxylation sites is 1. The second-order valence-corrected chi connectivity index (χ2v) is 6.46. The Kier molecular flexibility index (Phi) is 7.64. The fourth-order valence-corrected chi connectivity index (χ4v) is 2.65. The summed E-state index contributed by atoms with van der Waals surface area (Å²) in [4.78, 5) is 26.9. The molecule has 0 aliphatic carbocycles. The SMILES string of the molecule is CCCN(C(=O)c1ccc(OCC(F)(F)F)cc1)C(C)C(=O)Nc1ccccc1. The minimum atomic E-state index is -4.44. The maximum atomic E-state index is 12.9. The van der Waals surface area contributed by atoms with Crippen molar-refractivity contribution < 1.29 is 27.5 Å². The molecule has 0 saturated heterocycles. The van der Waals surface area contributed by atoms with Gasteiger partial charge in [-0.15, -0.1) is 0 Å². The van der Waals surface area contributed by atoms with E-state index >= 15 is 0 Å². The summed E-state index contributed by atoms with van der Waals surface area (Å²) in [7, 11) is 0. The molecule has 2 rings (SSSR count). The van der Waals surface area contributed by atoms with Crippen LogP contribution in [-0.4, -0.2) is 42.1 Å². The number of amides is 2. The van der Waals surface area contributed by atoms with E-state index in [4.69, 9.17) is 0 Å². The molecule has 0 radical (unpaired) electrons. The fraction of sp³-hybridized carbons (Fsp3) is 0.333. The van der Waals surface area contributed by atoms with Crippen molar-refractivity contribution in [1.29, 1.82) is 0 Å². The van der Waals surface area contributed by atoms with Crippen LogP contribution in [0.15, 0.2) is 54.6 Å². The van der Waals surface area contributed by atoms with Gasteiger partial charge < -0.3 is 15.0 Å². The molecule has 8 heteroatoms. The van der Waals surface area contributed by atoms with Gasteiger partial charge in [-0.3, -0.25) is 9.59 Å². The quantitative estimate of drug-likeness (QED) is 0.699. The van der Waals surface area contributed by atoms with Crippen LogP contribution in [0.25, 0.3) is 0 Å². The molecule has 0 bridgehead atoms. The molecule has 0 aromatic heterocycles. The maximum absolute atomic E-state index is 12.9. The highest BCUT2D eigenvalue weighted by atomic mass is 19.4. The van der Waals surface area contributed by atoms with E-state index in [-0.39, 0.29) is 23.1 Å². The van der Waals surface area contributed by atoms with Gasteiger partial charge in [-0.05, 0) is 49.7 Å². The van der Waals surface area contributed by atoms with Gasteiger partial charge in [0.15, 0.2) is 6.61 Å². The molecule has 0 spiro atoms. The highest BCUT2D eigenvalue weighted by molar-refractivity contribution is 6.01. The van der Waals surface area contributed by atoms with Crippen molar-refractivity contribution in [2.75, 3.05) is 18.5 Å². The second kappa shape index (κ2) is 9.95. The van der Waals surface area contributed by atoms with E-state index in [1.54, 1.807) is 31.2 Å². The summed E-state index contributed by atoms with van der Waals surface area (Å²) in [5.74, 6) is -0.705. The van der Waals surface area contributed by atoms with Gasteiger partial charge >= 0.3 is 6.18 Å². The zero-order chi connectivity index (χ0) is 21.4. The molecule has 2 aromatic carbocycles. The van der Waals surface area contributed by atoms with Crippen molar-refractivity contribution in [3.05, 3.63) is 60.2 Å². The Morgan fingerprint density at radius 3 is 2.24 bits per heavy atom. The number of nitrogens with one attached hydrogen (secondary N) is 1. The number of alkyl halides is 3. The monoisotopic (exact) mass is 408 g/mol. The molecule has 0 aliphatic rings. The summed E-state index contributed by atoms with van der Waals surface area (Å²) < 4.78 is 41.4. The lowest BCUT2D eigenvalue weighted by Crippen LogP contribution is -2.46. The van der Waals surface area contributed by atoms with Crippen molar-refractivity contribution in [3.63, 3.8) is 0 Å². The molecule has 5 nitrogen and oxygen atoms in total. The van der Waals surface area contributed by atoms with Crippen LogP contribution in [0.5, 0.6) is 5.75 Å². The highest BCUT2D eigenvalue weighted by Gasteiger charge is 2.29. The van der Waals surface area contributed by atoms with Gasteiger partial charge in [0.25, 0.3) is 5.91 Å². The minimum Gasteiger partial charge on any atom is -0.484 e. The lowest BCUT2D eigenvalue weighted by atomic mass is 10.1. The number of nitrogens with zero attached hydrogens (tertiary/aromatic N) is 1. The van der Waals surface area contributed by atoms with E-state index < -0.39 is 18.8 Å². The van der Waals surface area contributed by atoms with E-state index in [1.165, 1.54) is 29.2 Å². The molecule has 29 heavy (non-hydrogen) atoms. The molecule has 1 N–H and O–H groups in total. The first kappa shape index (κ1) is 22.3. The third-order valence-corrected chi connectivity index (χ3v) is 4.12. The van der Waals surface area contributed by atoms with Crippen molar-refractivity contribution in [1.82, 2.24) is 4.90 Å². The van der Waals surface area contributed by atoms with Crippen molar-refractivity contribution >= 4 is 17.5 Å². The summed E-state index contributed by atoms with van der Waals surface area (Å²) in [6, 6.07) is 13.5. The third kappa shape index (κ3) is 6.81. The molecule has 2 amide bonds. The van der Waals surface area contributed by atoms with Gasteiger partial charge in [0.2, 0.25) is 5.91 Å². The normalized spacial score (nSPS) is 12.2. The van der Waals surface area contributed by atoms with Crippen LogP contribution in [0.1, 0.15) is 30.6 Å². The topological polar surface area (TPSA) is 58.6 Å². The zero-order valence-corrected chi connectivity index (χ0v) is 16.2. The average Bonchev–Trinajstić information content (AvgIpc) is 2.70. The molecular formula is C21H23F3N2O3. The molecule has 0 fully saturated rings. The first-order valence-electron chi connectivity index (χ1n) is 9.17. The van der Waals surface area contributed by atoms with Crippen LogP contribution < -0.4 is 10.1 Å². The first-order valence-corrected chi connectivity index (χ1v) is 9.17. The predicted molar refractivity (Wildman–Crippen MR) is 104 cm³/mol. The van der Waals surface area contributed by atoms with E-state index in [9.17, 15) is 22.8 Å². The molecule has 0 heterocycles. The van der Waals surface area contributed by atoms with Gasteiger partial charge in [-0.25, -0.2) is 0 Å². The van der Waals surface area contributed by atoms with Crippen LogP contribution in [0.3, 0.4) is 0 Å². The maximum Gasteiger partial charge on any atom is 0.422 e. The van der Waals surface area contributed by atoms with Crippen molar-refractivity contribution in [2.24, 2.45) is 0 Å². The Morgan fingerprint density at radius 2 is 1.69 bits per heavy atom. The van der Waals surface area contributed by atoms with Crippen LogP contribution >= 0.6 is 0 Å². The number of anilines is 1. The third-order valence-electron chi connectivity index (χ3n) is 4.12. The average molecular weight is 408 g/mol. The van der Waals surface area contributed by atoms with Crippen molar-refractivity contribution in [2.45, 2.75) is 32.5 Å². The Morgan fingerprint density at radius 1 is 1.07 bits per heavy atom. The lowest BCUT2D eigenvalue weighted by Gasteiger charge is -2.28. The fourth-order valence-electron chi connectivity index (χ4n) is 2.65. The predicted octanol–water partition coefficient (Wildman–Crippen LogP) is 4.51. The summed E-state index contributed by atoms with van der Waals surface area (Å²) in [6.07, 6.45) is -3.80. The van der Waals surface area contributed by atoms with Gasteiger partial charge in [0.1, 0.15) is 11.8 Å². The summed E-state index contributed by atoms with van der Waals surface area (Å²) in [6.45, 7) is 2.47. The zero-order valence-electron chi connectivity index (χ0n) is 16.2. The van der Waals surface area contributed by atoms with Crippen LogP contribution in [0.4, 0.5) is 18.9 Å². The molecule has 1 unspecified atom stereocenters. The van der Waals surface area contributed by atoms with E-state index in [1.807, 2.05) is 13.0 Å². The molecule has 2 aromatic rings. The van der Waals surface area contributed by atoms with Crippen LogP contribution in [0.2, 0.25) is 0 Å². The Labute approximate surface area is 167 Å². The number of hydrogen-bond donors (Lipinski definition) is 1. The van der Waals surface area contributed by atoms with Crippen LogP contribution in [-0.2, 0) is 4.79 Å². The molecule has 1 atom stereocenters. The number of benzene rings is 2. The van der Waals surface area contributed by atoms with E-state index in [0.29, 0.717) is 18.7 Å². The minimum absolute atomic E-state index is 0.00999. The molecule has 0 saturated carbocycles. The van der Waals surface area contributed by atoms with Gasteiger partial charge in [0, 0.05) is 17.8 Å². The smallest absolute Gasteiger partial charge is 0.422 e. The Hall–Kier alpha value is -3.03. The largest absolute Gasteiger partial charge is 0.484 e.